The lowest BCUT2D eigenvalue weighted by molar-refractivity contribution is -0.119. The third kappa shape index (κ3) is 4.44. The van der Waals surface area contributed by atoms with Gasteiger partial charge in [0.25, 0.3) is 5.91 Å². The van der Waals surface area contributed by atoms with Crippen molar-refractivity contribution >= 4 is 40.3 Å². The lowest BCUT2D eigenvalue weighted by Crippen LogP contribution is -2.44. The van der Waals surface area contributed by atoms with Gasteiger partial charge in [-0.1, -0.05) is 13.8 Å². The summed E-state index contributed by atoms with van der Waals surface area (Å²) < 4.78 is 1.83. The summed E-state index contributed by atoms with van der Waals surface area (Å²) in [6.45, 7) is 8.13. The van der Waals surface area contributed by atoms with Crippen LogP contribution in [-0.2, 0) is 4.79 Å². The molecule has 1 aliphatic rings. The van der Waals surface area contributed by atoms with Crippen molar-refractivity contribution in [3.05, 3.63) is 53.3 Å². The van der Waals surface area contributed by atoms with Gasteiger partial charge in [0, 0.05) is 23.2 Å². The number of nitrogens with zero attached hydrogens (tertiary/aromatic N) is 5. The van der Waals surface area contributed by atoms with Gasteiger partial charge in [0.1, 0.15) is 6.04 Å². The lowest BCUT2D eigenvalue weighted by Gasteiger charge is -2.24. The summed E-state index contributed by atoms with van der Waals surface area (Å²) in [4.78, 5) is 33.1. The molecule has 170 valence electrons. The molecule has 1 atom stereocenters. The van der Waals surface area contributed by atoms with Crippen LogP contribution in [0.3, 0.4) is 0 Å². The summed E-state index contributed by atoms with van der Waals surface area (Å²) in [6, 6.07) is 10.1. The van der Waals surface area contributed by atoms with Gasteiger partial charge in [0.05, 0.1) is 34.7 Å². The number of pyridine rings is 1. The van der Waals surface area contributed by atoms with Gasteiger partial charge in [-0.2, -0.15) is 10.4 Å². The smallest absolute Gasteiger partial charge is 0.256 e. The SMILES string of the molecule is CC(C)c1cc(C(=O)N2CSCC2C(=O)Nc2ccc(C#N)cc2)c2cnn(C(C)C)c2n1. The fourth-order valence-corrected chi connectivity index (χ4v) is 4.91. The molecule has 1 unspecified atom stereocenters. The molecule has 8 nitrogen and oxygen atoms in total. The lowest BCUT2D eigenvalue weighted by atomic mass is 10.0. The second kappa shape index (κ2) is 9.24. The Morgan fingerprint density at radius 2 is 1.94 bits per heavy atom. The van der Waals surface area contributed by atoms with Gasteiger partial charge >= 0.3 is 0 Å². The van der Waals surface area contributed by atoms with Crippen molar-refractivity contribution in [1.82, 2.24) is 19.7 Å². The van der Waals surface area contributed by atoms with E-state index in [1.54, 1.807) is 47.1 Å². The summed E-state index contributed by atoms with van der Waals surface area (Å²) in [5, 5.41) is 17.0. The predicted octanol–water partition coefficient (Wildman–Crippen LogP) is 4.16. The maximum absolute atomic E-state index is 13.7. The molecule has 1 saturated heterocycles. The maximum Gasteiger partial charge on any atom is 0.256 e. The highest BCUT2D eigenvalue weighted by Crippen LogP contribution is 2.29. The zero-order chi connectivity index (χ0) is 23.7. The third-order valence-corrected chi connectivity index (χ3v) is 6.64. The van der Waals surface area contributed by atoms with Crippen molar-refractivity contribution in [3.8, 4) is 6.07 Å². The average Bonchev–Trinajstić information content (AvgIpc) is 3.46. The van der Waals surface area contributed by atoms with Crippen molar-refractivity contribution in [2.75, 3.05) is 16.9 Å². The molecule has 9 heteroatoms. The summed E-state index contributed by atoms with van der Waals surface area (Å²) in [5.74, 6) is 0.649. The molecule has 0 saturated carbocycles. The number of thioether (sulfide) groups is 1. The van der Waals surface area contributed by atoms with Gasteiger partial charge in [-0.25, -0.2) is 9.67 Å². The summed E-state index contributed by atoms with van der Waals surface area (Å²) >= 11 is 1.55. The monoisotopic (exact) mass is 462 g/mol. The molecule has 0 radical (unpaired) electrons. The molecule has 1 N–H and O–H groups in total. The first-order valence-electron chi connectivity index (χ1n) is 10.9. The van der Waals surface area contributed by atoms with Gasteiger partial charge in [-0.05, 0) is 50.1 Å². The van der Waals surface area contributed by atoms with E-state index in [-0.39, 0.29) is 23.8 Å². The molecule has 2 aromatic heterocycles. The summed E-state index contributed by atoms with van der Waals surface area (Å²) in [5.41, 5.74) is 3.14. The molecular weight excluding hydrogens is 436 g/mol. The Hall–Kier alpha value is -3.38. The number of nitriles is 1. The number of nitrogens with one attached hydrogen (secondary N) is 1. The minimum atomic E-state index is -0.594. The maximum atomic E-state index is 13.7. The van der Waals surface area contributed by atoms with Crippen LogP contribution in [0.4, 0.5) is 5.69 Å². The Balaban J connectivity index is 1.65. The van der Waals surface area contributed by atoms with Crippen molar-refractivity contribution in [2.45, 2.75) is 45.7 Å². The normalized spacial score (nSPS) is 15.9. The van der Waals surface area contributed by atoms with Crippen LogP contribution in [0.15, 0.2) is 36.5 Å². The van der Waals surface area contributed by atoms with E-state index < -0.39 is 6.04 Å². The quantitative estimate of drug-likeness (QED) is 0.611. The molecule has 1 aromatic carbocycles. The zero-order valence-electron chi connectivity index (χ0n) is 19.1. The number of rotatable bonds is 5. The van der Waals surface area contributed by atoms with Crippen molar-refractivity contribution in [2.24, 2.45) is 0 Å². The minimum absolute atomic E-state index is 0.105. The fraction of sp³-hybridized carbons (Fsp3) is 0.375. The standard InChI is InChI=1S/C24H26N6O2S/c1-14(2)20-9-18(19-11-26-30(15(3)4)22(19)28-20)24(32)29-13-33-12-21(29)23(31)27-17-7-5-16(10-25)6-8-17/h5-9,11,14-15,21H,12-13H2,1-4H3,(H,27,31). The Labute approximate surface area is 197 Å². The number of hydrogen-bond donors (Lipinski definition) is 1. The van der Waals surface area contributed by atoms with Crippen molar-refractivity contribution < 1.29 is 9.59 Å². The number of hydrogen-bond acceptors (Lipinski definition) is 6. The van der Waals surface area contributed by atoms with Gasteiger partial charge in [0.2, 0.25) is 5.91 Å². The van der Waals surface area contributed by atoms with E-state index in [0.717, 1.165) is 5.69 Å². The number of fused-ring (bicyclic) bond motifs is 1. The van der Waals surface area contributed by atoms with Crippen molar-refractivity contribution in [3.63, 3.8) is 0 Å². The molecule has 4 rings (SSSR count). The molecule has 0 spiro atoms. The van der Waals surface area contributed by atoms with Crippen LogP contribution in [-0.4, -0.2) is 49.2 Å². The van der Waals surface area contributed by atoms with Crippen LogP contribution in [0.1, 0.15) is 61.3 Å². The number of carbonyl (C=O) groups is 2. The third-order valence-electron chi connectivity index (χ3n) is 5.62. The van der Waals surface area contributed by atoms with Crippen LogP contribution in [0, 0.1) is 11.3 Å². The van der Waals surface area contributed by atoms with Gasteiger partial charge in [-0.3, -0.25) is 9.59 Å². The predicted molar refractivity (Wildman–Crippen MR) is 129 cm³/mol. The highest BCUT2D eigenvalue weighted by Gasteiger charge is 2.36. The molecule has 1 aliphatic heterocycles. The van der Waals surface area contributed by atoms with E-state index in [0.29, 0.717) is 39.5 Å². The summed E-state index contributed by atoms with van der Waals surface area (Å²) in [6.07, 6.45) is 1.69. The van der Waals surface area contributed by atoms with E-state index in [1.807, 2.05) is 38.4 Å². The van der Waals surface area contributed by atoms with E-state index in [1.165, 1.54) is 0 Å². The number of anilines is 1. The first-order valence-corrected chi connectivity index (χ1v) is 12.0. The van der Waals surface area contributed by atoms with Gasteiger partial charge < -0.3 is 10.2 Å². The first-order chi connectivity index (χ1) is 15.8. The Morgan fingerprint density at radius 1 is 1.21 bits per heavy atom. The topological polar surface area (TPSA) is 104 Å². The molecular formula is C24H26N6O2S. The Bertz CT molecular complexity index is 1240. The second-order valence-electron chi connectivity index (χ2n) is 8.64. The van der Waals surface area contributed by atoms with Crippen LogP contribution in [0.25, 0.3) is 11.0 Å². The number of amides is 2. The first kappa shape index (κ1) is 22.8. The molecule has 0 aliphatic carbocycles. The van der Waals surface area contributed by atoms with Crippen LogP contribution in [0.5, 0.6) is 0 Å². The van der Waals surface area contributed by atoms with Crippen molar-refractivity contribution in [1.29, 1.82) is 5.26 Å². The van der Waals surface area contributed by atoms with E-state index >= 15 is 0 Å². The Kier molecular flexibility index (Phi) is 6.38. The van der Waals surface area contributed by atoms with Crippen LogP contribution in [0.2, 0.25) is 0 Å². The molecule has 2 amide bonds. The van der Waals surface area contributed by atoms with Gasteiger partial charge in [-0.15, -0.1) is 11.8 Å². The van der Waals surface area contributed by atoms with E-state index in [9.17, 15) is 9.59 Å². The molecule has 0 bridgehead atoms. The average molecular weight is 463 g/mol. The molecule has 1 fully saturated rings. The van der Waals surface area contributed by atoms with Gasteiger partial charge in [0.15, 0.2) is 5.65 Å². The molecule has 3 heterocycles. The van der Waals surface area contributed by atoms with Crippen LogP contribution >= 0.6 is 11.8 Å². The van der Waals surface area contributed by atoms with E-state index in [2.05, 4.69) is 16.5 Å². The second-order valence-corrected chi connectivity index (χ2v) is 9.64. The fourth-order valence-electron chi connectivity index (χ4n) is 3.76. The number of carbonyl (C=O) groups excluding carboxylic acids is 2. The molecule has 3 aromatic rings. The highest BCUT2D eigenvalue weighted by atomic mass is 32.2. The highest BCUT2D eigenvalue weighted by molar-refractivity contribution is 7.99. The number of benzene rings is 1. The Morgan fingerprint density at radius 3 is 2.58 bits per heavy atom. The van der Waals surface area contributed by atoms with E-state index in [4.69, 9.17) is 10.2 Å². The number of aromatic nitrogens is 3. The largest absolute Gasteiger partial charge is 0.324 e. The zero-order valence-corrected chi connectivity index (χ0v) is 19.9. The summed E-state index contributed by atoms with van der Waals surface area (Å²) in [7, 11) is 0. The molecule has 33 heavy (non-hydrogen) atoms. The minimum Gasteiger partial charge on any atom is -0.324 e. The van der Waals surface area contributed by atoms with Crippen LogP contribution < -0.4 is 5.32 Å².